The van der Waals surface area contributed by atoms with Crippen LogP contribution < -0.4 is 43.2 Å². The molecular formula is C31H34BrNO9. The number of hydrogen-bond acceptors (Lipinski definition) is 10. The minimum absolute atomic E-state index is 0.307. The molecule has 3 rings (SSSR count). The van der Waals surface area contributed by atoms with Crippen LogP contribution in [0.25, 0.3) is 12.2 Å². The van der Waals surface area contributed by atoms with E-state index >= 15 is 0 Å². The summed E-state index contributed by atoms with van der Waals surface area (Å²) in [5, 5.41) is 3.13. The molecule has 0 unspecified atom stereocenters. The van der Waals surface area contributed by atoms with Crippen LogP contribution >= 0.6 is 15.9 Å². The van der Waals surface area contributed by atoms with Gasteiger partial charge in [0.15, 0.2) is 40.3 Å². The minimum atomic E-state index is -0.307. The number of hydrogen-bond donors (Lipinski definition) is 1. The number of rotatable bonds is 14. The Kier molecular flexibility index (Phi) is 11.4. The maximum absolute atomic E-state index is 13.1. The van der Waals surface area contributed by atoms with Crippen molar-refractivity contribution in [3.63, 3.8) is 0 Å². The standard InChI is InChI=1S/C31H34BrNO9/c1-35-23-14-18(9-10-19-15-24(36-2)29(40-6)25(16-19)37-3)13-21(28(23)39-5)33-12-11-22(34)20-17-26(38-4)30(41-7)31(42-8)27(20)32/h9-17,33H,1-8H3. The highest BCUT2D eigenvalue weighted by molar-refractivity contribution is 9.10. The number of carbonyl (C=O) groups excluding carboxylic acids is 1. The van der Waals surface area contributed by atoms with Gasteiger partial charge in [0.25, 0.3) is 0 Å². The first-order valence-electron chi connectivity index (χ1n) is 12.5. The zero-order valence-electron chi connectivity index (χ0n) is 24.7. The summed E-state index contributed by atoms with van der Waals surface area (Å²) in [6.07, 6.45) is 6.70. The Bertz CT molecular complexity index is 1460. The largest absolute Gasteiger partial charge is 0.493 e. The monoisotopic (exact) mass is 643 g/mol. The van der Waals surface area contributed by atoms with E-state index in [4.69, 9.17) is 37.9 Å². The second-order valence-electron chi connectivity index (χ2n) is 8.44. The minimum Gasteiger partial charge on any atom is -0.493 e. The Morgan fingerprint density at radius 2 is 1.05 bits per heavy atom. The van der Waals surface area contributed by atoms with Gasteiger partial charge in [-0.25, -0.2) is 0 Å². The summed E-state index contributed by atoms with van der Waals surface area (Å²) in [6, 6.07) is 8.96. The van der Waals surface area contributed by atoms with Gasteiger partial charge in [-0.1, -0.05) is 12.2 Å². The van der Waals surface area contributed by atoms with Gasteiger partial charge < -0.3 is 43.2 Å². The predicted molar refractivity (Wildman–Crippen MR) is 165 cm³/mol. The predicted octanol–water partition coefficient (Wildman–Crippen LogP) is 6.50. The van der Waals surface area contributed by atoms with E-state index in [0.29, 0.717) is 61.7 Å². The SMILES string of the molecule is COc1cc(C=Cc2cc(OC)c(OC)c(OC)c2)cc(NC=CC(=O)c2cc(OC)c(OC)c(OC)c2Br)c1OC. The molecule has 42 heavy (non-hydrogen) atoms. The van der Waals surface area contributed by atoms with E-state index in [1.54, 1.807) is 34.5 Å². The molecule has 0 saturated heterocycles. The maximum atomic E-state index is 13.1. The van der Waals surface area contributed by atoms with E-state index in [1.807, 2.05) is 36.4 Å². The number of carbonyl (C=O) groups is 1. The maximum Gasteiger partial charge on any atom is 0.204 e. The Morgan fingerprint density at radius 3 is 1.52 bits per heavy atom. The summed E-state index contributed by atoms with van der Waals surface area (Å²) >= 11 is 3.45. The van der Waals surface area contributed by atoms with Crippen molar-refractivity contribution in [3.05, 3.63) is 63.8 Å². The smallest absolute Gasteiger partial charge is 0.204 e. The molecule has 0 spiro atoms. The zero-order chi connectivity index (χ0) is 30.8. The Labute approximate surface area is 253 Å². The van der Waals surface area contributed by atoms with Crippen molar-refractivity contribution in [3.8, 4) is 46.0 Å². The van der Waals surface area contributed by atoms with Crippen molar-refractivity contribution in [2.75, 3.05) is 62.2 Å². The molecule has 224 valence electrons. The van der Waals surface area contributed by atoms with E-state index in [0.717, 1.165) is 11.1 Å². The number of nitrogens with one attached hydrogen (secondary N) is 1. The van der Waals surface area contributed by atoms with Crippen LogP contribution in [0.5, 0.6) is 46.0 Å². The van der Waals surface area contributed by atoms with Crippen LogP contribution in [0.3, 0.4) is 0 Å². The van der Waals surface area contributed by atoms with Gasteiger partial charge in [0.2, 0.25) is 11.5 Å². The fourth-order valence-corrected chi connectivity index (χ4v) is 4.83. The van der Waals surface area contributed by atoms with Crippen molar-refractivity contribution in [2.24, 2.45) is 0 Å². The lowest BCUT2D eigenvalue weighted by Gasteiger charge is -2.16. The molecule has 3 aromatic rings. The fraction of sp³-hybridized carbons (Fsp3) is 0.258. The number of allylic oxidation sites excluding steroid dienone is 1. The summed E-state index contributed by atoms with van der Waals surface area (Å²) < 4.78 is 44.1. The first-order valence-corrected chi connectivity index (χ1v) is 13.3. The van der Waals surface area contributed by atoms with Crippen molar-refractivity contribution < 1.29 is 42.7 Å². The number of anilines is 1. The van der Waals surface area contributed by atoms with Gasteiger partial charge in [0.05, 0.1) is 67.0 Å². The number of ether oxygens (including phenoxy) is 8. The summed E-state index contributed by atoms with van der Waals surface area (Å²) in [7, 11) is 12.2. The van der Waals surface area contributed by atoms with Gasteiger partial charge >= 0.3 is 0 Å². The van der Waals surface area contributed by atoms with Gasteiger partial charge in [-0.3, -0.25) is 4.79 Å². The molecule has 0 saturated carbocycles. The topological polar surface area (TPSA) is 103 Å². The number of methoxy groups -OCH3 is 8. The van der Waals surface area contributed by atoms with Gasteiger partial charge in [0.1, 0.15) is 0 Å². The van der Waals surface area contributed by atoms with Crippen LogP contribution in [-0.2, 0) is 0 Å². The van der Waals surface area contributed by atoms with Gasteiger partial charge in [-0.2, -0.15) is 0 Å². The van der Waals surface area contributed by atoms with Crippen LogP contribution in [0.4, 0.5) is 5.69 Å². The second kappa shape index (κ2) is 14.9. The summed E-state index contributed by atoms with van der Waals surface area (Å²) in [6.45, 7) is 0. The van der Waals surface area contributed by atoms with Crippen LogP contribution in [0, 0.1) is 0 Å². The third-order valence-corrected chi connectivity index (χ3v) is 6.95. The highest BCUT2D eigenvalue weighted by Gasteiger charge is 2.22. The van der Waals surface area contributed by atoms with Crippen LogP contribution in [0.2, 0.25) is 0 Å². The van der Waals surface area contributed by atoms with Crippen LogP contribution in [0.15, 0.2) is 47.1 Å². The van der Waals surface area contributed by atoms with Crippen LogP contribution in [0.1, 0.15) is 21.5 Å². The van der Waals surface area contributed by atoms with E-state index in [9.17, 15) is 4.79 Å². The third-order valence-electron chi connectivity index (χ3n) is 6.16. The van der Waals surface area contributed by atoms with Crippen molar-refractivity contribution in [2.45, 2.75) is 0 Å². The molecule has 1 N–H and O–H groups in total. The normalized spacial score (nSPS) is 10.9. The molecule has 0 aliphatic heterocycles. The lowest BCUT2D eigenvalue weighted by molar-refractivity contribution is 0.104. The molecule has 0 bridgehead atoms. The highest BCUT2D eigenvalue weighted by Crippen LogP contribution is 2.45. The van der Waals surface area contributed by atoms with Gasteiger partial charge in [-0.05, 0) is 57.4 Å². The molecule has 0 amide bonds. The second-order valence-corrected chi connectivity index (χ2v) is 9.24. The van der Waals surface area contributed by atoms with E-state index in [-0.39, 0.29) is 5.78 Å². The average molecular weight is 645 g/mol. The first-order chi connectivity index (χ1) is 20.3. The molecule has 10 nitrogen and oxygen atoms in total. The highest BCUT2D eigenvalue weighted by atomic mass is 79.9. The molecule has 11 heteroatoms. The van der Waals surface area contributed by atoms with Crippen molar-refractivity contribution >= 4 is 39.6 Å². The van der Waals surface area contributed by atoms with Crippen LogP contribution in [-0.4, -0.2) is 62.7 Å². The number of benzene rings is 3. The van der Waals surface area contributed by atoms with E-state index < -0.39 is 0 Å². The molecule has 0 aliphatic rings. The van der Waals surface area contributed by atoms with Crippen molar-refractivity contribution in [1.82, 2.24) is 0 Å². The van der Waals surface area contributed by atoms with Crippen molar-refractivity contribution in [1.29, 1.82) is 0 Å². The molecule has 0 aliphatic carbocycles. The lowest BCUT2D eigenvalue weighted by Crippen LogP contribution is -2.03. The Balaban J connectivity index is 1.94. The quantitative estimate of drug-likeness (QED) is 0.119. The summed E-state index contributed by atoms with van der Waals surface area (Å²) in [5.74, 6) is 3.33. The molecule has 0 heterocycles. The Hall–Kier alpha value is -4.51. The molecule has 0 radical (unpaired) electrons. The molecule has 0 atom stereocenters. The molecular weight excluding hydrogens is 610 g/mol. The summed E-state index contributed by atoms with van der Waals surface area (Å²) in [4.78, 5) is 13.1. The molecule has 3 aromatic carbocycles. The average Bonchev–Trinajstić information content (AvgIpc) is 3.02. The summed E-state index contributed by atoms with van der Waals surface area (Å²) in [5.41, 5.74) is 2.54. The fourth-order valence-electron chi connectivity index (χ4n) is 4.18. The van der Waals surface area contributed by atoms with Gasteiger partial charge in [0, 0.05) is 17.8 Å². The number of halogens is 1. The molecule has 0 fully saturated rings. The Morgan fingerprint density at radius 1 is 0.595 bits per heavy atom. The number of ketones is 1. The van der Waals surface area contributed by atoms with E-state index in [2.05, 4.69) is 21.2 Å². The van der Waals surface area contributed by atoms with E-state index in [1.165, 1.54) is 40.7 Å². The first kappa shape index (κ1) is 32.0. The lowest BCUT2D eigenvalue weighted by atomic mass is 10.1. The molecule has 0 aromatic heterocycles. The third kappa shape index (κ3) is 6.85. The van der Waals surface area contributed by atoms with Gasteiger partial charge in [-0.15, -0.1) is 0 Å². The zero-order valence-corrected chi connectivity index (χ0v) is 26.3.